The zero-order valence-electron chi connectivity index (χ0n) is 11.0. The SMILES string of the molecule is CCCCCCCOc1ncncc1C(=O)OC. The van der Waals surface area contributed by atoms with Gasteiger partial charge in [0.1, 0.15) is 11.9 Å². The molecule has 0 aliphatic heterocycles. The summed E-state index contributed by atoms with van der Waals surface area (Å²) in [5, 5.41) is 0. The van der Waals surface area contributed by atoms with Crippen LogP contribution in [0.1, 0.15) is 49.4 Å². The third-order valence-electron chi connectivity index (χ3n) is 2.57. The molecular formula is C13H20N2O3. The maximum Gasteiger partial charge on any atom is 0.344 e. The van der Waals surface area contributed by atoms with E-state index in [4.69, 9.17) is 4.74 Å². The van der Waals surface area contributed by atoms with Crippen LogP contribution in [0, 0.1) is 0 Å². The number of methoxy groups -OCH3 is 1. The fraction of sp³-hybridized carbons (Fsp3) is 0.615. The minimum atomic E-state index is -0.475. The summed E-state index contributed by atoms with van der Waals surface area (Å²) in [7, 11) is 1.32. The highest BCUT2D eigenvalue weighted by atomic mass is 16.5. The molecule has 0 saturated carbocycles. The molecule has 0 unspecified atom stereocenters. The number of hydrogen-bond acceptors (Lipinski definition) is 5. The monoisotopic (exact) mass is 252 g/mol. The van der Waals surface area contributed by atoms with Crippen LogP contribution in [0.4, 0.5) is 0 Å². The van der Waals surface area contributed by atoms with E-state index in [1.165, 1.54) is 38.9 Å². The molecule has 18 heavy (non-hydrogen) atoms. The number of nitrogens with zero attached hydrogens (tertiary/aromatic N) is 2. The van der Waals surface area contributed by atoms with Crippen LogP contribution >= 0.6 is 0 Å². The summed E-state index contributed by atoms with van der Waals surface area (Å²) < 4.78 is 10.1. The molecule has 0 atom stereocenters. The summed E-state index contributed by atoms with van der Waals surface area (Å²) in [4.78, 5) is 19.2. The van der Waals surface area contributed by atoms with Crippen molar-refractivity contribution in [2.75, 3.05) is 13.7 Å². The van der Waals surface area contributed by atoms with E-state index in [1.807, 2.05) is 0 Å². The predicted octanol–water partition coefficient (Wildman–Crippen LogP) is 2.61. The summed E-state index contributed by atoms with van der Waals surface area (Å²) in [6.45, 7) is 2.74. The summed E-state index contributed by atoms with van der Waals surface area (Å²) in [6.07, 6.45) is 8.55. The zero-order chi connectivity index (χ0) is 13.2. The lowest BCUT2D eigenvalue weighted by Gasteiger charge is -2.08. The van der Waals surface area contributed by atoms with Crippen LogP contribution < -0.4 is 4.74 Å². The van der Waals surface area contributed by atoms with Crippen LogP contribution in [0.15, 0.2) is 12.5 Å². The molecule has 0 aliphatic rings. The van der Waals surface area contributed by atoms with Gasteiger partial charge in [-0.25, -0.2) is 14.8 Å². The van der Waals surface area contributed by atoms with Crippen molar-refractivity contribution >= 4 is 5.97 Å². The Morgan fingerprint density at radius 3 is 2.78 bits per heavy atom. The highest BCUT2D eigenvalue weighted by Crippen LogP contribution is 2.14. The number of esters is 1. The molecule has 5 nitrogen and oxygen atoms in total. The minimum absolute atomic E-state index is 0.272. The number of aromatic nitrogens is 2. The highest BCUT2D eigenvalue weighted by molar-refractivity contribution is 5.91. The fourth-order valence-electron chi connectivity index (χ4n) is 1.56. The Bertz CT molecular complexity index is 369. The van der Waals surface area contributed by atoms with Crippen LogP contribution in [-0.2, 0) is 4.74 Å². The first-order valence-corrected chi connectivity index (χ1v) is 6.30. The van der Waals surface area contributed by atoms with Gasteiger partial charge in [0, 0.05) is 6.20 Å². The van der Waals surface area contributed by atoms with Gasteiger partial charge < -0.3 is 9.47 Å². The van der Waals surface area contributed by atoms with Gasteiger partial charge in [-0.05, 0) is 6.42 Å². The van der Waals surface area contributed by atoms with E-state index in [0.717, 1.165) is 12.8 Å². The molecule has 0 bridgehead atoms. The second-order valence-electron chi connectivity index (χ2n) is 4.00. The van der Waals surface area contributed by atoms with Crippen molar-refractivity contribution in [3.63, 3.8) is 0 Å². The molecule has 0 spiro atoms. The zero-order valence-corrected chi connectivity index (χ0v) is 11.0. The van der Waals surface area contributed by atoms with Crippen molar-refractivity contribution in [3.05, 3.63) is 18.1 Å². The molecule has 1 rings (SSSR count). The van der Waals surface area contributed by atoms with E-state index in [0.29, 0.717) is 12.5 Å². The van der Waals surface area contributed by atoms with Crippen molar-refractivity contribution in [1.29, 1.82) is 0 Å². The average Bonchev–Trinajstić information content (AvgIpc) is 2.42. The third-order valence-corrected chi connectivity index (χ3v) is 2.57. The number of ether oxygens (including phenoxy) is 2. The number of carbonyl (C=O) groups is 1. The first kappa shape index (κ1) is 14.4. The second kappa shape index (κ2) is 8.44. The maximum atomic E-state index is 11.4. The van der Waals surface area contributed by atoms with E-state index in [9.17, 15) is 4.79 Å². The van der Waals surface area contributed by atoms with E-state index < -0.39 is 5.97 Å². The molecule has 1 aromatic rings. The predicted molar refractivity (Wildman–Crippen MR) is 67.6 cm³/mol. The lowest BCUT2D eigenvalue weighted by Crippen LogP contribution is -2.08. The lowest BCUT2D eigenvalue weighted by molar-refractivity contribution is 0.0594. The van der Waals surface area contributed by atoms with Crippen LogP contribution in [0.3, 0.4) is 0 Å². The molecule has 0 radical (unpaired) electrons. The third kappa shape index (κ3) is 4.69. The quantitative estimate of drug-likeness (QED) is 0.525. The van der Waals surface area contributed by atoms with Gasteiger partial charge in [-0.1, -0.05) is 32.6 Å². The van der Waals surface area contributed by atoms with Crippen LogP contribution in [0.5, 0.6) is 5.88 Å². The number of unbranched alkanes of at least 4 members (excludes halogenated alkanes) is 4. The standard InChI is InChI=1S/C13H20N2O3/c1-3-4-5-6-7-8-18-12-11(13(16)17-2)9-14-10-15-12/h9-10H,3-8H2,1-2H3. The number of hydrogen-bond donors (Lipinski definition) is 0. The second-order valence-corrected chi connectivity index (χ2v) is 4.00. The van der Waals surface area contributed by atoms with Gasteiger partial charge in [-0.3, -0.25) is 0 Å². The molecular weight excluding hydrogens is 232 g/mol. The summed E-state index contributed by atoms with van der Waals surface area (Å²) >= 11 is 0. The largest absolute Gasteiger partial charge is 0.477 e. The average molecular weight is 252 g/mol. The molecule has 0 N–H and O–H groups in total. The van der Waals surface area contributed by atoms with Gasteiger partial charge in [0.05, 0.1) is 13.7 Å². The minimum Gasteiger partial charge on any atom is -0.477 e. The topological polar surface area (TPSA) is 61.3 Å². The molecule has 0 amide bonds. The van der Waals surface area contributed by atoms with E-state index >= 15 is 0 Å². The summed E-state index contributed by atoms with van der Waals surface area (Å²) in [5.41, 5.74) is 0.272. The highest BCUT2D eigenvalue weighted by Gasteiger charge is 2.14. The molecule has 0 aliphatic carbocycles. The van der Waals surface area contributed by atoms with Gasteiger partial charge in [0.15, 0.2) is 0 Å². The Labute approximate surface area is 108 Å². The van der Waals surface area contributed by atoms with E-state index in [2.05, 4.69) is 21.6 Å². The summed E-state index contributed by atoms with van der Waals surface area (Å²) in [6, 6.07) is 0. The lowest BCUT2D eigenvalue weighted by atomic mass is 10.2. The van der Waals surface area contributed by atoms with Crippen molar-refractivity contribution in [3.8, 4) is 5.88 Å². The van der Waals surface area contributed by atoms with Gasteiger partial charge in [-0.15, -0.1) is 0 Å². The van der Waals surface area contributed by atoms with Gasteiger partial charge in [0.25, 0.3) is 0 Å². The van der Waals surface area contributed by atoms with Crippen molar-refractivity contribution in [2.24, 2.45) is 0 Å². The van der Waals surface area contributed by atoms with Crippen molar-refractivity contribution in [1.82, 2.24) is 9.97 Å². The van der Waals surface area contributed by atoms with Crippen LogP contribution in [0.25, 0.3) is 0 Å². The Morgan fingerprint density at radius 1 is 1.28 bits per heavy atom. The number of carbonyl (C=O) groups excluding carboxylic acids is 1. The number of rotatable bonds is 8. The molecule has 5 heteroatoms. The smallest absolute Gasteiger partial charge is 0.344 e. The van der Waals surface area contributed by atoms with Gasteiger partial charge in [0.2, 0.25) is 5.88 Å². The Kier molecular flexibility index (Phi) is 6.76. The molecule has 100 valence electrons. The van der Waals surface area contributed by atoms with Crippen LogP contribution in [0.2, 0.25) is 0 Å². The Morgan fingerprint density at radius 2 is 2.06 bits per heavy atom. The first-order chi connectivity index (χ1) is 8.79. The van der Waals surface area contributed by atoms with Crippen molar-refractivity contribution < 1.29 is 14.3 Å². The fourth-order valence-corrected chi connectivity index (χ4v) is 1.56. The first-order valence-electron chi connectivity index (χ1n) is 6.30. The molecule has 0 aromatic carbocycles. The molecule has 1 aromatic heterocycles. The normalized spacial score (nSPS) is 10.1. The Balaban J connectivity index is 2.39. The molecule has 1 heterocycles. The van der Waals surface area contributed by atoms with E-state index in [1.54, 1.807) is 0 Å². The van der Waals surface area contributed by atoms with Crippen LogP contribution in [-0.4, -0.2) is 29.7 Å². The Hall–Kier alpha value is -1.65. The van der Waals surface area contributed by atoms with E-state index in [-0.39, 0.29) is 5.56 Å². The van der Waals surface area contributed by atoms with Crippen molar-refractivity contribution in [2.45, 2.75) is 39.0 Å². The molecule has 0 fully saturated rings. The summed E-state index contributed by atoms with van der Waals surface area (Å²) in [5.74, 6) is -0.177. The van der Waals surface area contributed by atoms with Gasteiger partial charge in [-0.2, -0.15) is 0 Å². The van der Waals surface area contributed by atoms with Gasteiger partial charge >= 0.3 is 5.97 Å². The maximum absolute atomic E-state index is 11.4. The molecule has 0 saturated heterocycles.